The molecule has 0 bridgehead atoms. The number of amidine groups is 2. The molecule has 102 valence electrons. The van der Waals surface area contributed by atoms with E-state index in [0.717, 1.165) is 11.7 Å². The third-order valence-corrected chi connectivity index (χ3v) is 7.52. The molecule has 0 fully saturated rings. The zero-order chi connectivity index (χ0) is 13.4. The minimum absolute atomic E-state index is 0.961. The van der Waals surface area contributed by atoms with Crippen molar-refractivity contribution in [3.8, 4) is 9.75 Å². The predicted octanol–water partition coefficient (Wildman–Crippen LogP) is 4.60. The highest BCUT2D eigenvalue weighted by Crippen LogP contribution is 2.37. The Morgan fingerprint density at radius 2 is 1.10 bits per heavy atom. The Morgan fingerprint density at radius 1 is 0.650 bits per heavy atom. The van der Waals surface area contributed by atoms with E-state index in [1.807, 2.05) is 0 Å². The predicted molar refractivity (Wildman–Crippen MR) is 97.3 cm³/mol. The fraction of sp³-hybridized carbons (Fsp3) is 0. The standard InChI is InChI=1S/C10H6N4S6/c1-3-7(9-11-17-18-12-9)15-5(1)6-2-4-8(16-6)10-13-19-20-14-10/h1-4H,(H,11,12)(H,13,14). The fourth-order valence-electron chi connectivity index (χ4n) is 1.65. The summed E-state index contributed by atoms with van der Waals surface area (Å²) in [6.45, 7) is 0. The Balaban J connectivity index is 1.61. The Kier molecular flexibility index (Phi) is 3.92. The average Bonchev–Trinajstić information content (AvgIpc) is 3.22. The van der Waals surface area contributed by atoms with Crippen LogP contribution in [0.4, 0.5) is 0 Å². The van der Waals surface area contributed by atoms with Gasteiger partial charge in [-0.05, 0) is 24.3 Å². The van der Waals surface area contributed by atoms with Crippen LogP contribution in [-0.4, -0.2) is 11.7 Å². The van der Waals surface area contributed by atoms with Crippen LogP contribution in [0.15, 0.2) is 33.1 Å². The monoisotopic (exact) mass is 374 g/mol. The van der Waals surface area contributed by atoms with E-state index in [1.165, 1.54) is 41.5 Å². The van der Waals surface area contributed by atoms with E-state index in [9.17, 15) is 0 Å². The summed E-state index contributed by atoms with van der Waals surface area (Å²) >= 11 is 3.52. The minimum atomic E-state index is 0.961. The molecule has 4 rings (SSSR count). The number of hydrogen-bond acceptors (Lipinski definition) is 10. The van der Waals surface area contributed by atoms with Gasteiger partial charge in [0.25, 0.3) is 0 Å². The molecule has 0 spiro atoms. The number of nitrogens with one attached hydrogen (secondary N) is 2. The van der Waals surface area contributed by atoms with Gasteiger partial charge in [-0.2, -0.15) is 8.80 Å². The highest BCUT2D eigenvalue weighted by molar-refractivity contribution is 8.76. The highest BCUT2D eigenvalue weighted by atomic mass is 33.1. The van der Waals surface area contributed by atoms with Crippen LogP contribution in [0.2, 0.25) is 0 Å². The van der Waals surface area contributed by atoms with Gasteiger partial charge in [0.2, 0.25) is 0 Å². The van der Waals surface area contributed by atoms with Crippen molar-refractivity contribution in [1.29, 1.82) is 0 Å². The van der Waals surface area contributed by atoms with Crippen molar-refractivity contribution in [1.82, 2.24) is 9.44 Å². The van der Waals surface area contributed by atoms with Crippen LogP contribution in [0.3, 0.4) is 0 Å². The van der Waals surface area contributed by atoms with E-state index in [-0.39, 0.29) is 0 Å². The second kappa shape index (κ2) is 5.85. The van der Waals surface area contributed by atoms with Crippen molar-refractivity contribution in [2.75, 3.05) is 0 Å². The van der Waals surface area contributed by atoms with Crippen LogP contribution >= 0.6 is 66.6 Å². The molecule has 10 heteroatoms. The normalized spacial score (nSPS) is 17.6. The lowest BCUT2D eigenvalue weighted by molar-refractivity contribution is 1.54. The first-order chi connectivity index (χ1) is 9.90. The number of nitrogens with zero attached hydrogens (tertiary/aromatic N) is 2. The molecule has 2 aliphatic heterocycles. The van der Waals surface area contributed by atoms with Crippen molar-refractivity contribution < 1.29 is 0 Å². The molecular formula is C10H6N4S6. The molecule has 2 aromatic heterocycles. The topological polar surface area (TPSA) is 48.8 Å². The van der Waals surface area contributed by atoms with Crippen LogP contribution < -0.4 is 9.44 Å². The molecule has 0 atom stereocenters. The second-order valence-corrected chi connectivity index (χ2v) is 9.19. The summed E-state index contributed by atoms with van der Waals surface area (Å²) in [6.07, 6.45) is 0. The summed E-state index contributed by atoms with van der Waals surface area (Å²) in [5, 5.41) is 0. The van der Waals surface area contributed by atoms with Gasteiger partial charge in [-0.25, -0.2) is 0 Å². The summed E-state index contributed by atoms with van der Waals surface area (Å²) in [4.78, 5) is 4.88. The van der Waals surface area contributed by atoms with E-state index >= 15 is 0 Å². The molecule has 0 aliphatic carbocycles. The Bertz CT molecular complexity index is 642. The number of hydrogen-bond donors (Lipinski definition) is 2. The van der Waals surface area contributed by atoms with E-state index in [1.54, 1.807) is 44.6 Å². The van der Waals surface area contributed by atoms with Crippen molar-refractivity contribution in [2.24, 2.45) is 8.80 Å². The first kappa shape index (κ1) is 13.4. The molecule has 0 aromatic carbocycles. The third kappa shape index (κ3) is 2.60. The van der Waals surface area contributed by atoms with Gasteiger partial charge in [0, 0.05) is 31.7 Å². The Hall–Kier alpha value is -0.260. The molecule has 0 unspecified atom stereocenters. The van der Waals surface area contributed by atoms with Gasteiger partial charge in [-0.3, -0.25) is 0 Å². The molecule has 2 N–H and O–H groups in total. The lowest BCUT2D eigenvalue weighted by Crippen LogP contribution is -2.09. The van der Waals surface area contributed by atoms with Gasteiger partial charge < -0.3 is 9.44 Å². The largest absolute Gasteiger partial charge is 0.302 e. The first-order valence-corrected chi connectivity index (χ1v) is 11.3. The van der Waals surface area contributed by atoms with Crippen molar-refractivity contribution in [3.63, 3.8) is 0 Å². The quantitative estimate of drug-likeness (QED) is 0.605. The summed E-state index contributed by atoms with van der Waals surface area (Å²) < 4.78 is 15.1. The zero-order valence-electron chi connectivity index (χ0n) is 9.65. The number of thiophene rings is 2. The second-order valence-electron chi connectivity index (χ2n) is 3.73. The van der Waals surface area contributed by atoms with Crippen LogP contribution in [0.1, 0.15) is 9.75 Å². The van der Waals surface area contributed by atoms with Crippen molar-refractivity contribution in [3.05, 3.63) is 34.0 Å². The maximum absolute atomic E-state index is 4.35. The molecule has 4 heterocycles. The van der Waals surface area contributed by atoms with Crippen molar-refractivity contribution >= 4 is 78.3 Å². The molecule has 2 aliphatic rings. The molecule has 0 amide bonds. The molecule has 0 saturated carbocycles. The SMILES string of the molecule is c1cc(-c2ccc(C3=NSSN3)s2)sc1C1=NSSN1. The van der Waals surface area contributed by atoms with Crippen LogP contribution in [-0.2, 0) is 0 Å². The molecular weight excluding hydrogens is 369 g/mol. The molecule has 20 heavy (non-hydrogen) atoms. The molecule has 2 aromatic rings. The van der Waals surface area contributed by atoms with Crippen LogP contribution in [0, 0.1) is 0 Å². The Morgan fingerprint density at radius 3 is 1.50 bits per heavy atom. The van der Waals surface area contributed by atoms with E-state index in [0.29, 0.717) is 0 Å². The Labute approximate surface area is 139 Å². The fourth-order valence-corrected chi connectivity index (χ4v) is 6.43. The van der Waals surface area contributed by atoms with Gasteiger partial charge in [0.1, 0.15) is 0 Å². The number of rotatable bonds is 3. The first-order valence-electron chi connectivity index (χ1n) is 5.44. The lowest BCUT2D eigenvalue weighted by Gasteiger charge is -1.95. The van der Waals surface area contributed by atoms with Crippen LogP contribution in [0.5, 0.6) is 0 Å². The summed E-state index contributed by atoms with van der Waals surface area (Å²) in [5.41, 5.74) is 0. The van der Waals surface area contributed by atoms with E-state index < -0.39 is 0 Å². The molecule has 0 saturated heterocycles. The van der Waals surface area contributed by atoms with Gasteiger partial charge in [0.05, 0.1) is 31.7 Å². The maximum atomic E-state index is 4.35. The molecule has 0 radical (unpaired) electrons. The van der Waals surface area contributed by atoms with Gasteiger partial charge in [-0.15, -0.1) is 22.7 Å². The summed E-state index contributed by atoms with van der Waals surface area (Å²) in [6, 6.07) is 8.55. The lowest BCUT2D eigenvalue weighted by atomic mass is 10.3. The maximum Gasteiger partial charge on any atom is 0.163 e. The van der Waals surface area contributed by atoms with Gasteiger partial charge >= 0.3 is 0 Å². The van der Waals surface area contributed by atoms with Gasteiger partial charge in [-0.1, -0.05) is 0 Å². The smallest absolute Gasteiger partial charge is 0.163 e. The summed E-state index contributed by atoms with van der Waals surface area (Å²) in [7, 11) is 6.05. The van der Waals surface area contributed by atoms with Gasteiger partial charge in [0.15, 0.2) is 11.7 Å². The van der Waals surface area contributed by atoms with Crippen molar-refractivity contribution in [2.45, 2.75) is 0 Å². The van der Waals surface area contributed by atoms with E-state index in [4.69, 9.17) is 0 Å². The molecule has 4 nitrogen and oxygen atoms in total. The zero-order valence-corrected chi connectivity index (χ0v) is 14.6. The third-order valence-electron chi connectivity index (χ3n) is 2.53. The minimum Gasteiger partial charge on any atom is -0.302 e. The average molecular weight is 375 g/mol. The van der Waals surface area contributed by atoms with Crippen LogP contribution in [0.25, 0.3) is 9.75 Å². The summed E-state index contributed by atoms with van der Waals surface area (Å²) in [5.74, 6) is 1.92. The van der Waals surface area contributed by atoms with E-state index in [2.05, 4.69) is 42.5 Å². The highest BCUT2D eigenvalue weighted by Gasteiger charge is 2.16.